The van der Waals surface area contributed by atoms with Crippen molar-refractivity contribution >= 4 is 23.2 Å². The van der Waals surface area contributed by atoms with Gasteiger partial charge >= 0.3 is 0 Å². The van der Waals surface area contributed by atoms with Crippen LogP contribution in [0.5, 0.6) is 0 Å². The molecule has 1 saturated heterocycles. The third kappa shape index (κ3) is 3.50. The molecule has 1 aliphatic heterocycles. The molecule has 1 aromatic heterocycles. The van der Waals surface area contributed by atoms with Gasteiger partial charge < -0.3 is 9.80 Å². The van der Waals surface area contributed by atoms with Crippen molar-refractivity contribution in [2.24, 2.45) is 0 Å². The third-order valence-electron chi connectivity index (χ3n) is 4.20. The lowest BCUT2D eigenvalue weighted by molar-refractivity contribution is 0.0741. The van der Waals surface area contributed by atoms with Crippen molar-refractivity contribution in [1.29, 1.82) is 0 Å². The molecule has 0 unspecified atom stereocenters. The van der Waals surface area contributed by atoms with E-state index in [2.05, 4.69) is 28.9 Å². The first-order chi connectivity index (χ1) is 11.0. The molecule has 1 fully saturated rings. The first-order valence-electron chi connectivity index (χ1n) is 7.89. The molecule has 2 aromatic rings. The number of carbonyl (C=O) groups excluding carboxylic acids is 1. The average Bonchev–Trinajstić information content (AvgIpc) is 3.05. The van der Waals surface area contributed by atoms with Gasteiger partial charge in [0.05, 0.1) is 0 Å². The van der Waals surface area contributed by atoms with Crippen LogP contribution in [-0.2, 0) is 0 Å². The zero-order valence-electron chi connectivity index (χ0n) is 13.4. The van der Waals surface area contributed by atoms with Crippen molar-refractivity contribution in [3.8, 4) is 0 Å². The van der Waals surface area contributed by atoms with Gasteiger partial charge in [-0.15, -0.1) is 0 Å². The Kier molecular flexibility index (Phi) is 4.57. The molecule has 0 spiro atoms. The smallest absolute Gasteiger partial charge is 0.274 e. The van der Waals surface area contributed by atoms with Crippen LogP contribution in [-0.4, -0.2) is 47.2 Å². The van der Waals surface area contributed by atoms with E-state index in [-0.39, 0.29) is 5.91 Å². The van der Waals surface area contributed by atoms with E-state index in [1.807, 2.05) is 35.2 Å². The Morgan fingerprint density at radius 3 is 2.39 bits per heavy atom. The Balaban J connectivity index is 1.61. The highest BCUT2D eigenvalue weighted by atomic mass is 35.5. The van der Waals surface area contributed by atoms with Gasteiger partial charge in [0.15, 0.2) is 0 Å². The van der Waals surface area contributed by atoms with E-state index in [0.717, 1.165) is 29.5 Å². The maximum Gasteiger partial charge on any atom is 0.274 e. The fourth-order valence-corrected chi connectivity index (χ4v) is 2.85. The second kappa shape index (κ2) is 6.62. The van der Waals surface area contributed by atoms with E-state index in [1.165, 1.54) is 0 Å². The number of piperazine rings is 1. The van der Waals surface area contributed by atoms with Gasteiger partial charge in [0.25, 0.3) is 5.91 Å². The minimum absolute atomic E-state index is 0.00362. The van der Waals surface area contributed by atoms with E-state index in [1.54, 1.807) is 0 Å². The van der Waals surface area contributed by atoms with Crippen molar-refractivity contribution in [3.63, 3.8) is 0 Å². The van der Waals surface area contributed by atoms with Gasteiger partial charge in [-0.05, 0) is 36.2 Å². The van der Waals surface area contributed by atoms with Crippen molar-refractivity contribution in [2.45, 2.75) is 19.8 Å². The standard InChI is InChI=1S/C17H21ClN4O/c1-12(2)15-11-16(20-19-15)17(23)22-9-7-21(8-10-22)14-5-3-13(18)4-6-14/h3-6,11-12H,7-10H2,1-2H3,(H,19,20). The van der Waals surface area contributed by atoms with Gasteiger partial charge in [-0.2, -0.15) is 5.10 Å². The van der Waals surface area contributed by atoms with Crippen LogP contribution >= 0.6 is 11.6 Å². The second-order valence-corrected chi connectivity index (χ2v) is 6.56. The normalized spacial score (nSPS) is 15.3. The Morgan fingerprint density at radius 2 is 1.83 bits per heavy atom. The van der Waals surface area contributed by atoms with Crippen LogP contribution in [0.25, 0.3) is 0 Å². The molecule has 0 bridgehead atoms. The van der Waals surface area contributed by atoms with Crippen LogP contribution in [0, 0.1) is 0 Å². The van der Waals surface area contributed by atoms with Crippen molar-refractivity contribution < 1.29 is 4.79 Å². The molecule has 0 radical (unpaired) electrons. The number of nitrogens with zero attached hydrogens (tertiary/aromatic N) is 3. The van der Waals surface area contributed by atoms with Crippen LogP contribution in [0.15, 0.2) is 30.3 Å². The molecule has 3 rings (SSSR count). The van der Waals surface area contributed by atoms with E-state index in [4.69, 9.17) is 11.6 Å². The quantitative estimate of drug-likeness (QED) is 0.939. The summed E-state index contributed by atoms with van der Waals surface area (Å²) >= 11 is 5.93. The zero-order valence-corrected chi connectivity index (χ0v) is 14.2. The molecule has 0 atom stereocenters. The number of halogens is 1. The molecule has 0 aliphatic carbocycles. The van der Waals surface area contributed by atoms with Crippen molar-refractivity contribution in [1.82, 2.24) is 15.1 Å². The molecule has 122 valence electrons. The lowest BCUT2D eigenvalue weighted by Gasteiger charge is -2.35. The van der Waals surface area contributed by atoms with Crippen LogP contribution < -0.4 is 4.90 Å². The fraction of sp³-hybridized carbons (Fsp3) is 0.412. The summed E-state index contributed by atoms with van der Waals surface area (Å²) in [6.07, 6.45) is 0. The summed E-state index contributed by atoms with van der Waals surface area (Å²) in [5, 5.41) is 7.84. The molecule has 6 heteroatoms. The van der Waals surface area contributed by atoms with E-state index in [9.17, 15) is 4.79 Å². The van der Waals surface area contributed by atoms with Gasteiger partial charge in [-0.25, -0.2) is 0 Å². The minimum Gasteiger partial charge on any atom is -0.368 e. The number of benzene rings is 1. The summed E-state index contributed by atoms with van der Waals surface area (Å²) in [5.41, 5.74) is 2.64. The largest absolute Gasteiger partial charge is 0.368 e. The molecular formula is C17H21ClN4O. The number of rotatable bonds is 3. The molecular weight excluding hydrogens is 312 g/mol. The zero-order chi connectivity index (χ0) is 16.4. The lowest BCUT2D eigenvalue weighted by Crippen LogP contribution is -2.48. The predicted molar refractivity (Wildman–Crippen MR) is 92.2 cm³/mol. The average molecular weight is 333 g/mol. The van der Waals surface area contributed by atoms with E-state index < -0.39 is 0 Å². The van der Waals surface area contributed by atoms with E-state index >= 15 is 0 Å². The molecule has 1 N–H and O–H groups in total. The maximum absolute atomic E-state index is 12.5. The number of nitrogens with one attached hydrogen (secondary N) is 1. The summed E-state index contributed by atoms with van der Waals surface area (Å²) in [5.74, 6) is 0.342. The molecule has 1 amide bonds. The number of hydrogen-bond donors (Lipinski definition) is 1. The van der Waals surface area contributed by atoms with Crippen LogP contribution in [0.4, 0.5) is 5.69 Å². The predicted octanol–water partition coefficient (Wildman–Crippen LogP) is 3.15. The van der Waals surface area contributed by atoms with Gasteiger partial charge in [0.1, 0.15) is 5.69 Å². The number of amides is 1. The lowest BCUT2D eigenvalue weighted by atomic mass is 10.1. The highest BCUT2D eigenvalue weighted by Gasteiger charge is 2.24. The summed E-state index contributed by atoms with van der Waals surface area (Å²) in [7, 11) is 0. The highest BCUT2D eigenvalue weighted by molar-refractivity contribution is 6.30. The number of H-pyrrole nitrogens is 1. The Morgan fingerprint density at radius 1 is 1.17 bits per heavy atom. The molecule has 23 heavy (non-hydrogen) atoms. The number of hydrogen-bond acceptors (Lipinski definition) is 3. The van der Waals surface area contributed by atoms with Crippen LogP contribution in [0.2, 0.25) is 5.02 Å². The summed E-state index contributed by atoms with van der Waals surface area (Å²) in [6.45, 7) is 7.18. The van der Waals surface area contributed by atoms with Gasteiger partial charge in [0.2, 0.25) is 0 Å². The molecule has 0 saturated carbocycles. The molecule has 1 aliphatic rings. The Hall–Kier alpha value is -2.01. The summed E-state index contributed by atoms with van der Waals surface area (Å²) < 4.78 is 0. The highest BCUT2D eigenvalue weighted by Crippen LogP contribution is 2.20. The Bertz CT molecular complexity index is 672. The monoisotopic (exact) mass is 332 g/mol. The molecule has 1 aromatic carbocycles. The molecule has 5 nitrogen and oxygen atoms in total. The van der Waals surface area contributed by atoms with Crippen molar-refractivity contribution in [3.05, 3.63) is 46.7 Å². The van der Waals surface area contributed by atoms with E-state index in [0.29, 0.717) is 24.7 Å². The first-order valence-corrected chi connectivity index (χ1v) is 8.27. The van der Waals surface area contributed by atoms with Gasteiger partial charge in [-0.3, -0.25) is 9.89 Å². The fourth-order valence-electron chi connectivity index (χ4n) is 2.72. The summed E-state index contributed by atoms with van der Waals surface area (Å²) in [4.78, 5) is 16.7. The molecule has 2 heterocycles. The van der Waals surface area contributed by atoms with Gasteiger partial charge in [0, 0.05) is 42.6 Å². The third-order valence-corrected chi connectivity index (χ3v) is 4.45. The van der Waals surface area contributed by atoms with Crippen LogP contribution in [0.3, 0.4) is 0 Å². The minimum atomic E-state index is 0.00362. The number of carbonyl (C=O) groups is 1. The maximum atomic E-state index is 12.5. The van der Waals surface area contributed by atoms with Crippen molar-refractivity contribution in [2.75, 3.05) is 31.1 Å². The number of aromatic amines is 1. The van der Waals surface area contributed by atoms with Crippen LogP contribution in [0.1, 0.15) is 35.9 Å². The van der Waals surface area contributed by atoms with Gasteiger partial charge in [-0.1, -0.05) is 25.4 Å². The Labute approximate surface area is 141 Å². The summed E-state index contributed by atoms with van der Waals surface area (Å²) in [6, 6.07) is 9.68. The topological polar surface area (TPSA) is 52.2 Å². The number of aromatic nitrogens is 2. The first kappa shape index (κ1) is 15.9. The number of anilines is 1. The second-order valence-electron chi connectivity index (χ2n) is 6.12. The SMILES string of the molecule is CC(C)c1cc(C(=O)N2CCN(c3ccc(Cl)cc3)CC2)n[nH]1.